The number of hydrogen-bond donors (Lipinski definition) is 0. The highest BCUT2D eigenvalue weighted by Crippen LogP contribution is 2.24. The molecule has 1 saturated heterocycles. The lowest BCUT2D eigenvalue weighted by Crippen LogP contribution is -2.36. The van der Waals surface area contributed by atoms with Gasteiger partial charge in [-0.1, -0.05) is 60.7 Å². The number of fused-ring (bicyclic) bond motifs is 2. The maximum Gasteiger partial charge on any atom is 0.338 e. The van der Waals surface area contributed by atoms with E-state index in [0.717, 1.165) is 21.5 Å². The number of hydrogen-bond acceptors (Lipinski definition) is 5. The standard InChI is InChI=1S/C27H21FO5/c28-23-15-31-24(16-32-26(29)21-11-9-17-5-1-3-7-19(17)13-21)25(23)33-27(30)22-12-10-18-6-2-4-8-20(18)14-22/h1-14,23-25H,15-16H2/t23-,24-,25+/m1/s1. The molecule has 0 unspecified atom stereocenters. The van der Waals surface area contributed by atoms with Crippen molar-refractivity contribution in [3.63, 3.8) is 0 Å². The third-order valence-electron chi connectivity index (χ3n) is 5.78. The van der Waals surface area contributed by atoms with E-state index in [4.69, 9.17) is 14.2 Å². The Kier molecular flexibility index (Phi) is 5.75. The van der Waals surface area contributed by atoms with Crippen LogP contribution in [0.1, 0.15) is 20.7 Å². The van der Waals surface area contributed by atoms with E-state index in [-0.39, 0.29) is 13.2 Å². The Balaban J connectivity index is 1.25. The highest BCUT2D eigenvalue weighted by atomic mass is 19.1. The van der Waals surface area contributed by atoms with Gasteiger partial charge in [-0.2, -0.15) is 0 Å². The predicted molar refractivity (Wildman–Crippen MR) is 122 cm³/mol. The lowest BCUT2D eigenvalue weighted by atomic mass is 10.1. The van der Waals surface area contributed by atoms with Crippen molar-refractivity contribution in [2.75, 3.05) is 13.2 Å². The number of alkyl halides is 1. The minimum Gasteiger partial charge on any atom is -0.459 e. The van der Waals surface area contributed by atoms with E-state index in [1.807, 2.05) is 60.7 Å². The highest BCUT2D eigenvalue weighted by molar-refractivity contribution is 5.96. The van der Waals surface area contributed by atoms with Crippen LogP contribution in [0, 0.1) is 0 Å². The number of rotatable bonds is 5. The van der Waals surface area contributed by atoms with Crippen molar-refractivity contribution in [1.29, 1.82) is 0 Å². The topological polar surface area (TPSA) is 61.8 Å². The van der Waals surface area contributed by atoms with Crippen LogP contribution < -0.4 is 0 Å². The second-order valence-corrected chi connectivity index (χ2v) is 7.98. The molecule has 6 heteroatoms. The number of halogens is 1. The molecular formula is C27H21FO5. The second kappa shape index (κ2) is 9.00. The van der Waals surface area contributed by atoms with Gasteiger partial charge in [0.2, 0.25) is 0 Å². The summed E-state index contributed by atoms with van der Waals surface area (Å²) in [6.45, 7) is -0.449. The van der Waals surface area contributed by atoms with Gasteiger partial charge in [0.15, 0.2) is 12.3 Å². The Morgan fingerprint density at radius 3 is 1.94 bits per heavy atom. The monoisotopic (exact) mass is 444 g/mol. The maximum absolute atomic E-state index is 14.4. The van der Waals surface area contributed by atoms with Crippen LogP contribution in [0.2, 0.25) is 0 Å². The summed E-state index contributed by atoms with van der Waals surface area (Å²) in [6.07, 6.45) is -3.54. The number of carbonyl (C=O) groups excluding carboxylic acids is 2. The van der Waals surface area contributed by atoms with Gasteiger partial charge in [0.05, 0.1) is 17.7 Å². The van der Waals surface area contributed by atoms with Gasteiger partial charge in [-0.05, 0) is 45.8 Å². The summed E-state index contributed by atoms with van der Waals surface area (Å²) in [5.41, 5.74) is 0.702. The van der Waals surface area contributed by atoms with Crippen LogP contribution in [0.15, 0.2) is 84.9 Å². The van der Waals surface area contributed by atoms with Gasteiger partial charge in [0, 0.05) is 0 Å². The molecular weight excluding hydrogens is 423 g/mol. The fourth-order valence-corrected chi connectivity index (χ4v) is 4.00. The fraction of sp³-hybridized carbons (Fsp3) is 0.185. The van der Waals surface area contributed by atoms with Crippen LogP contribution in [0.5, 0.6) is 0 Å². The van der Waals surface area contributed by atoms with Crippen molar-refractivity contribution in [3.05, 3.63) is 96.1 Å². The summed E-state index contributed by atoms with van der Waals surface area (Å²) in [7, 11) is 0. The van der Waals surface area contributed by atoms with Crippen molar-refractivity contribution in [3.8, 4) is 0 Å². The molecule has 1 aliphatic rings. The van der Waals surface area contributed by atoms with E-state index in [2.05, 4.69) is 0 Å². The second-order valence-electron chi connectivity index (χ2n) is 7.98. The van der Waals surface area contributed by atoms with E-state index in [0.29, 0.717) is 11.1 Å². The van der Waals surface area contributed by atoms with Crippen molar-refractivity contribution in [2.45, 2.75) is 18.4 Å². The Labute approximate surface area is 189 Å². The molecule has 0 aliphatic carbocycles. The molecule has 0 radical (unpaired) electrons. The first-order chi connectivity index (χ1) is 16.1. The van der Waals surface area contributed by atoms with Crippen LogP contribution in [-0.4, -0.2) is 43.5 Å². The Morgan fingerprint density at radius 2 is 1.33 bits per heavy atom. The summed E-state index contributed by atoms with van der Waals surface area (Å²) in [5.74, 6) is -1.20. The molecule has 1 heterocycles. The lowest BCUT2D eigenvalue weighted by Gasteiger charge is -2.20. The average Bonchev–Trinajstić information content (AvgIpc) is 3.20. The lowest BCUT2D eigenvalue weighted by molar-refractivity contribution is -0.0326. The average molecular weight is 444 g/mol. The molecule has 4 aromatic rings. The van der Waals surface area contributed by atoms with Gasteiger partial charge in [0.1, 0.15) is 12.7 Å². The zero-order chi connectivity index (χ0) is 22.8. The number of esters is 2. The molecule has 0 amide bonds. The third kappa shape index (κ3) is 4.43. The molecule has 4 aromatic carbocycles. The zero-order valence-corrected chi connectivity index (χ0v) is 17.6. The smallest absolute Gasteiger partial charge is 0.338 e. The van der Waals surface area contributed by atoms with Crippen LogP contribution in [0.25, 0.3) is 21.5 Å². The molecule has 0 aromatic heterocycles. The molecule has 5 rings (SSSR count). The molecule has 0 N–H and O–H groups in total. The zero-order valence-electron chi connectivity index (χ0n) is 17.6. The van der Waals surface area contributed by atoms with E-state index < -0.39 is 30.3 Å². The fourth-order valence-electron chi connectivity index (χ4n) is 4.00. The summed E-state index contributed by atoms with van der Waals surface area (Å²) < 4.78 is 30.7. The van der Waals surface area contributed by atoms with Gasteiger partial charge in [-0.15, -0.1) is 0 Å². The molecule has 1 fully saturated rings. The number of carbonyl (C=O) groups is 2. The Bertz CT molecular complexity index is 1330. The van der Waals surface area contributed by atoms with E-state index >= 15 is 0 Å². The minimum absolute atomic E-state index is 0.220. The van der Waals surface area contributed by atoms with Gasteiger partial charge in [-0.3, -0.25) is 0 Å². The van der Waals surface area contributed by atoms with Crippen LogP contribution in [0.3, 0.4) is 0 Å². The quantitative estimate of drug-likeness (QED) is 0.400. The third-order valence-corrected chi connectivity index (χ3v) is 5.78. The van der Waals surface area contributed by atoms with Crippen LogP contribution >= 0.6 is 0 Å². The Morgan fingerprint density at radius 1 is 0.788 bits per heavy atom. The first kappa shape index (κ1) is 21.1. The molecule has 166 valence electrons. The molecule has 3 atom stereocenters. The first-order valence-electron chi connectivity index (χ1n) is 10.7. The van der Waals surface area contributed by atoms with Gasteiger partial charge in [-0.25, -0.2) is 14.0 Å². The van der Waals surface area contributed by atoms with Gasteiger partial charge in [0.25, 0.3) is 0 Å². The van der Waals surface area contributed by atoms with Gasteiger partial charge < -0.3 is 14.2 Å². The SMILES string of the molecule is O=C(OC[C@H]1OC[C@@H](F)[C@@H]1OC(=O)c1ccc2ccccc2c1)c1ccc2ccccc2c1. The molecule has 1 aliphatic heterocycles. The van der Waals surface area contributed by atoms with Crippen molar-refractivity contribution in [1.82, 2.24) is 0 Å². The summed E-state index contributed by atoms with van der Waals surface area (Å²) in [4.78, 5) is 25.2. The van der Waals surface area contributed by atoms with E-state index in [1.165, 1.54) is 0 Å². The van der Waals surface area contributed by atoms with Crippen molar-refractivity contribution >= 4 is 33.5 Å². The minimum atomic E-state index is -1.50. The highest BCUT2D eigenvalue weighted by Gasteiger charge is 2.41. The molecule has 33 heavy (non-hydrogen) atoms. The van der Waals surface area contributed by atoms with Crippen LogP contribution in [0.4, 0.5) is 4.39 Å². The number of benzene rings is 4. The summed E-state index contributed by atoms with van der Waals surface area (Å²) >= 11 is 0. The normalized spacial score (nSPS) is 20.1. The first-order valence-corrected chi connectivity index (χ1v) is 10.7. The van der Waals surface area contributed by atoms with E-state index in [1.54, 1.807) is 24.3 Å². The predicted octanol–water partition coefficient (Wildman–Crippen LogP) is 5.11. The molecule has 0 bridgehead atoms. The summed E-state index contributed by atoms with van der Waals surface area (Å²) in [5, 5.41) is 3.79. The van der Waals surface area contributed by atoms with Crippen LogP contribution in [-0.2, 0) is 14.2 Å². The molecule has 0 saturated carbocycles. The van der Waals surface area contributed by atoms with Crippen molar-refractivity contribution in [2.24, 2.45) is 0 Å². The van der Waals surface area contributed by atoms with E-state index in [9.17, 15) is 14.0 Å². The molecule has 0 spiro atoms. The number of ether oxygens (including phenoxy) is 3. The maximum atomic E-state index is 14.4. The van der Waals surface area contributed by atoms with Gasteiger partial charge >= 0.3 is 11.9 Å². The summed E-state index contributed by atoms with van der Waals surface area (Å²) in [6, 6.07) is 25.7. The van der Waals surface area contributed by atoms with Crippen molar-refractivity contribution < 1.29 is 28.2 Å². The Hall–Kier alpha value is -3.77. The largest absolute Gasteiger partial charge is 0.459 e. The molecule has 5 nitrogen and oxygen atoms in total.